The summed E-state index contributed by atoms with van der Waals surface area (Å²) in [5, 5.41) is 9.32. The highest BCUT2D eigenvalue weighted by molar-refractivity contribution is 5.46. The molecule has 0 aliphatic rings. The monoisotopic (exact) mass is 258 g/mol. The first-order chi connectivity index (χ1) is 9.35. The van der Waals surface area contributed by atoms with Gasteiger partial charge in [0.15, 0.2) is 11.5 Å². The molecule has 0 heterocycles. The van der Waals surface area contributed by atoms with Crippen molar-refractivity contribution in [3.63, 3.8) is 0 Å². The normalized spacial score (nSPS) is 10.2. The molecule has 3 heteroatoms. The summed E-state index contributed by atoms with van der Waals surface area (Å²) >= 11 is 0. The Hall–Kier alpha value is -2.00. The van der Waals surface area contributed by atoms with E-state index in [1.165, 1.54) is 5.56 Å². The lowest BCUT2D eigenvalue weighted by atomic mass is 10.1. The topological polar surface area (TPSA) is 38.7 Å². The fourth-order valence-electron chi connectivity index (χ4n) is 1.93. The summed E-state index contributed by atoms with van der Waals surface area (Å²) < 4.78 is 11.0. The van der Waals surface area contributed by atoms with Crippen molar-refractivity contribution >= 4 is 0 Å². The van der Waals surface area contributed by atoms with Crippen molar-refractivity contribution in [2.45, 2.75) is 13.0 Å². The molecule has 2 rings (SSSR count). The number of hydrogen-bond donors (Lipinski definition) is 1. The molecular formula is C16H18O3. The molecule has 1 N–H and O–H groups in total. The zero-order valence-corrected chi connectivity index (χ0v) is 11.0. The van der Waals surface area contributed by atoms with Crippen molar-refractivity contribution in [2.24, 2.45) is 0 Å². The average Bonchev–Trinajstić information content (AvgIpc) is 2.48. The van der Waals surface area contributed by atoms with Crippen LogP contribution in [0.4, 0.5) is 0 Å². The van der Waals surface area contributed by atoms with Gasteiger partial charge in [-0.25, -0.2) is 0 Å². The van der Waals surface area contributed by atoms with Gasteiger partial charge in [0.25, 0.3) is 0 Å². The predicted octanol–water partition coefficient (Wildman–Crippen LogP) is 2.81. The van der Waals surface area contributed by atoms with E-state index < -0.39 is 0 Å². The summed E-state index contributed by atoms with van der Waals surface area (Å²) in [6, 6.07) is 15.7. The van der Waals surface area contributed by atoms with Gasteiger partial charge in [0.2, 0.25) is 0 Å². The highest BCUT2D eigenvalue weighted by Crippen LogP contribution is 2.31. The van der Waals surface area contributed by atoms with E-state index in [0.717, 1.165) is 12.0 Å². The average molecular weight is 258 g/mol. The highest BCUT2D eigenvalue weighted by Gasteiger charge is 2.09. The highest BCUT2D eigenvalue weighted by atomic mass is 16.5. The molecule has 0 aliphatic heterocycles. The van der Waals surface area contributed by atoms with Gasteiger partial charge in [0.05, 0.1) is 20.3 Å². The number of ether oxygens (including phenoxy) is 2. The smallest absolute Gasteiger partial charge is 0.166 e. The second-order valence-corrected chi connectivity index (χ2v) is 4.19. The lowest BCUT2D eigenvalue weighted by molar-refractivity contribution is 0.256. The molecule has 0 amide bonds. The first kappa shape index (κ1) is 13.4. The molecule has 0 saturated heterocycles. The molecule has 19 heavy (non-hydrogen) atoms. The Labute approximate surface area is 113 Å². The van der Waals surface area contributed by atoms with Crippen LogP contribution in [0.25, 0.3) is 0 Å². The summed E-state index contributed by atoms with van der Waals surface area (Å²) in [6.45, 7) is 0.495. The maximum atomic E-state index is 9.32. The first-order valence-electron chi connectivity index (χ1n) is 6.28. The van der Waals surface area contributed by atoms with Crippen LogP contribution in [0.15, 0.2) is 48.5 Å². The van der Waals surface area contributed by atoms with Crippen molar-refractivity contribution < 1.29 is 14.6 Å². The number of methoxy groups -OCH3 is 1. The number of benzene rings is 2. The third-order valence-electron chi connectivity index (χ3n) is 2.93. The minimum absolute atomic E-state index is 0.0577. The molecule has 0 radical (unpaired) electrons. The van der Waals surface area contributed by atoms with Gasteiger partial charge in [-0.15, -0.1) is 0 Å². The van der Waals surface area contributed by atoms with Crippen molar-refractivity contribution in [1.82, 2.24) is 0 Å². The van der Waals surface area contributed by atoms with Crippen LogP contribution < -0.4 is 9.47 Å². The lowest BCUT2D eigenvalue weighted by Gasteiger charge is -2.13. The van der Waals surface area contributed by atoms with Crippen LogP contribution >= 0.6 is 0 Å². The van der Waals surface area contributed by atoms with Gasteiger partial charge in [-0.2, -0.15) is 0 Å². The molecule has 2 aromatic carbocycles. The summed E-state index contributed by atoms with van der Waals surface area (Å²) in [6.07, 6.45) is 0.823. The van der Waals surface area contributed by atoms with Crippen molar-refractivity contribution in [3.8, 4) is 11.5 Å². The van der Waals surface area contributed by atoms with E-state index in [9.17, 15) is 5.11 Å². The van der Waals surface area contributed by atoms with Gasteiger partial charge in [-0.05, 0) is 11.6 Å². The Morgan fingerprint density at radius 3 is 2.47 bits per heavy atom. The molecule has 0 bridgehead atoms. The third-order valence-corrected chi connectivity index (χ3v) is 2.93. The quantitative estimate of drug-likeness (QED) is 0.866. The fraction of sp³-hybridized carbons (Fsp3) is 0.250. The number of hydrogen-bond acceptors (Lipinski definition) is 3. The lowest BCUT2D eigenvalue weighted by Crippen LogP contribution is -2.05. The van der Waals surface area contributed by atoms with Gasteiger partial charge >= 0.3 is 0 Å². The molecule has 0 spiro atoms. The standard InChI is InChI=1S/C16H18O3/c1-18-15-9-5-8-14(12-17)16(15)19-11-10-13-6-3-2-4-7-13/h2-9,17H,10-12H2,1H3. The summed E-state index contributed by atoms with van der Waals surface area (Å²) in [7, 11) is 1.60. The Kier molecular flexibility index (Phi) is 4.81. The zero-order chi connectivity index (χ0) is 13.5. The molecule has 100 valence electrons. The van der Waals surface area contributed by atoms with Crippen LogP contribution in [0, 0.1) is 0 Å². The number of aliphatic hydroxyl groups is 1. The molecule has 0 atom stereocenters. The van der Waals surface area contributed by atoms with Gasteiger partial charge in [0, 0.05) is 12.0 Å². The third kappa shape index (κ3) is 3.48. The summed E-state index contributed by atoms with van der Waals surface area (Å²) in [5.74, 6) is 1.28. The van der Waals surface area contributed by atoms with E-state index in [1.54, 1.807) is 7.11 Å². The van der Waals surface area contributed by atoms with Gasteiger partial charge in [0.1, 0.15) is 0 Å². The van der Waals surface area contributed by atoms with Crippen LogP contribution in [0.5, 0.6) is 11.5 Å². The van der Waals surface area contributed by atoms with E-state index in [2.05, 4.69) is 12.1 Å². The number of aliphatic hydroxyl groups excluding tert-OH is 1. The summed E-state index contributed by atoms with van der Waals surface area (Å²) in [5.41, 5.74) is 1.97. The minimum atomic E-state index is -0.0577. The van der Waals surface area contributed by atoms with Crippen molar-refractivity contribution in [3.05, 3.63) is 59.7 Å². The maximum Gasteiger partial charge on any atom is 0.166 e. The van der Waals surface area contributed by atoms with E-state index in [4.69, 9.17) is 9.47 Å². The molecule has 0 fully saturated rings. The van der Waals surface area contributed by atoms with Crippen LogP contribution in [-0.2, 0) is 13.0 Å². The van der Waals surface area contributed by atoms with Gasteiger partial charge < -0.3 is 14.6 Å². The molecule has 0 aliphatic carbocycles. The van der Waals surface area contributed by atoms with Crippen molar-refractivity contribution in [1.29, 1.82) is 0 Å². The Balaban J connectivity index is 2.02. The van der Waals surface area contributed by atoms with Crippen LogP contribution in [0.1, 0.15) is 11.1 Å². The van der Waals surface area contributed by atoms with Crippen molar-refractivity contribution in [2.75, 3.05) is 13.7 Å². The predicted molar refractivity (Wildman–Crippen MR) is 74.6 cm³/mol. The minimum Gasteiger partial charge on any atom is -0.493 e. The van der Waals surface area contributed by atoms with E-state index in [-0.39, 0.29) is 6.61 Å². The summed E-state index contributed by atoms with van der Waals surface area (Å²) in [4.78, 5) is 0. The molecule has 0 unspecified atom stereocenters. The molecule has 3 nitrogen and oxygen atoms in total. The number of para-hydroxylation sites is 1. The van der Waals surface area contributed by atoms with E-state index in [0.29, 0.717) is 18.1 Å². The maximum absolute atomic E-state index is 9.32. The second-order valence-electron chi connectivity index (χ2n) is 4.19. The van der Waals surface area contributed by atoms with Crippen LogP contribution in [-0.4, -0.2) is 18.8 Å². The second kappa shape index (κ2) is 6.81. The fourth-order valence-corrected chi connectivity index (χ4v) is 1.93. The Morgan fingerprint density at radius 1 is 1.00 bits per heavy atom. The Bertz CT molecular complexity index is 486. The number of rotatable bonds is 6. The zero-order valence-electron chi connectivity index (χ0n) is 11.0. The molecule has 0 saturated carbocycles. The molecule has 2 aromatic rings. The largest absolute Gasteiger partial charge is 0.493 e. The SMILES string of the molecule is COc1cccc(CO)c1OCCc1ccccc1. The molecule has 0 aromatic heterocycles. The van der Waals surface area contributed by atoms with E-state index in [1.807, 2.05) is 36.4 Å². The van der Waals surface area contributed by atoms with Crippen LogP contribution in [0.3, 0.4) is 0 Å². The molecular weight excluding hydrogens is 240 g/mol. The Morgan fingerprint density at radius 2 is 1.79 bits per heavy atom. The van der Waals surface area contributed by atoms with E-state index >= 15 is 0 Å². The van der Waals surface area contributed by atoms with Crippen LogP contribution in [0.2, 0.25) is 0 Å². The first-order valence-corrected chi connectivity index (χ1v) is 6.28. The van der Waals surface area contributed by atoms with Gasteiger partial charge in [-0.1, -0.05) is 42.5 Å². The van der Waals surface area contributed by atoms with Gasteiger partial charge in [-0.3, -0.25) is 0 Å².